The van der Waals surface area contributed by atoms with Crippen molar-refractivity contribution in [3.05, 3.63) is 35.9 Å². The molecule has 3 unspecified atom stereocenters. The van der Waals surface area contributed by atoms with Gasteiger partial charge >= 0.3 is 6.09 Å². The van der Waals surface area contributed by atoms with Crippen LogP contribution < -0.4 is 5.48 Å². The second kappa shape index (κ2) is 11.0. The fourth-order valence-electron chi connectivity index (χ4n) is 5.59. The molecule has 0 radical (unpaired) electrons. The number of hydroxylamine groups is 1. The summed E-state index contributed by atoms with van der Waals surface area (Å²) in [6.45, 7) is 2.73. The second-order valence-corrected chi connectivity index (χ2v) is 9.57. The molecule has 0 spiro atoms. The van der Waals surface area contributed by atoms with E-state index in [-0.39, 0.29) is 18.4 Å². The Morgan fingerprint density at radius 3 is 2.21 bits per heavy atom. The van der Waals surface area contributed by atoms with E-state index in [9.17, 15) is 19.6 Å². The zero-order valence-electron chi connectivity index (χ0n) is 19.2. The van der Waals surface area contributed by atoms with E-state index in [1.165, 1.54) is 5.56 Å². The van der Waals surface area contributed by atoms with Crippen LogP contribution in [0.4, 0.5) is 4.79 Å². The molecule has 0 aromatic heterocycles. The smallest absolute Gasteiger partial charge is 0.410 e. The van der Waals surface area contributed by atoms with Crippen molar-refractivity contribution in [3.8, 4) is 0 Å². The molecule has 1 aliphatic carbocycles. The van der Waals surface area contributed by atoms with Gasteiger partial charge in [-0.25, -0.2) is 10.3 Å². The summed E-state index contributed by atoms with van der Waals surface area (Å²) in [5.41, 5.74) is 3.03. The van der Waals surface area contributed by atoms with E-state index in [1.807, 2.05) is 23.1 Å². The quantitative estimate of drug-likeness (QED) is 0.534. The molecule has 3 fully saturated rings. The fourth-order valence-corrected chi connectivity index (χ4v) is 5.59. The first kappa shape index (κ1) is 23.5. The molecule has 4 rings (SSSR count). The van der Waals surface area contributed by atoms with Crippen LogP contribution in [0.2, 0.25) is 0 Å². The molecular formula is C25H35N3O5. The van der Waals surface area contributed by atoms with Crippen LogP contribution in [-0.4, -0.2) is 65.2 Å². The Morgan fingerprint density at radius 1 is 0.848 bits per heavy atom. The summed E-state index contributed by atoms with van der Waals surface area (Å²) >= 11 is 0. The number of amides is 3. The van der Waals surface area contributed by atoms with Crippen molar-refractivity contribution in [2.75, 3.05) is 26.2 Å². The topological polar surface area (TPSA) is 99.2 Å². The van der Waals surface area contributed by atoms with Crippen molar-refractivity contribution < 1.29 is 24.3 Å². The standard InChI is InChI=1S/C25H35N3O5/c29-23(26-32)22-17-20(33-25(31)28-13-5-2-6-14-28)9-10-21(22)24(30)27-15-11-19(12-16-27)18-7-3-1-4-8-18/h1,3-4,7-8,19-22,32H,2,5-6,9-17H2,(H,26,29). The van der Waals surface area contributed by atoms with Gasteiger partial charge in [0.05, 0.1) is 11.8 Å². The third-order valence-electron chi connectivity index (χ3n) is 7.53. The molecule has 1 aromatic carbocycles. The molecule has 1 aromatic rings. The van der Waals surface area contributed by atoms with Crippen LogP contribution in [0.1, 0.15) is 62.8 Å². The Hall–Kier alpha value is -2.61. The summed E-state index contributed by atoms with van der Waals surface area (Å²) in [4.78, 5) is 41.9. The minimum absolute atomic E-state index is 0.0316. The molecule has 2 aliphatic heterocycles. The first-order chi connectivity index (χ1) is 16.1. The van der Waals surface area contributed by atoms with Gasteiger partial charge in [0.2, 0.25) is 11.8 Å². The SMILES string of the molecule is O=C(NO)C1CC(OC(=O)N2CCCCC2)CCC1C(=O)N1CCC(c2ccccc2)CC1. The number of nitrogens with one attached hydrogen (secondary N) is 1. The number of likely N-dealkylation sites (tertiary alicyclic amines) is 2. The molecule has 33 heavy (non-hydrogen) atoms. The maximum atomic E-state index is 13.4. The number of piperidine rings is 2. The zero-order valence-corrected chi connectivity index (χ0v) is 19.2. The Kier molecular flexibility index (Phi) is 7.85. The lowest BCUT2D eigenvalue weighted by atomic mass is 9.76. The molecule has 180 valence electrons. The van der Waals surface area contributed by atoms with Gasteiger partial charge in [0.1, 0.15) is 6.10 Å². The molecule has 3 amide bonds. The van der Waals surface area contributed by atoms with Gasteiger partial charge in [-0.05, 0) is 62.8 Å². The van der Waals surface area contributed by atoms with E-state index in [4.69, 9.17) is 4.74 Å². The number of ether oxygens (including phenoxy) is 1. The lowest BCUT2D eigenvalue weighted by Crippen LogP contribution is -2.49. The largest absolute Gasteiger partial charge is 0.446 e. The van der Waals surface area contributed by atoms with E-state index in [0.717, 1.165) is 32.1 Å². The minimum atomic E-state index is -0.706. The van der Waals surface area contributed by atoms with Crippen LogP contribution in [0.25, 0.3) is 0 Å². The van der Waals surface area contributed by atoms with Crippen molar-refractivity contribution in [1.82, 2.24) is 15.3 Å². The molecule has 0 bridgehead atoms. The van der Waals surface area contributed by atoms with Gasteiger partial charge in [0.15, 0.2) is 0 Å². The minimum Gasteiger partial charge on any atom is -0.446 e. The van der Waals surface area contributed by atoms with Crippen LogP contribution in [0, 0.1) is 11.8 Å². The lowest BCUT2D eigenvalue weighted by molar-refractivity contribution is -0.149. The van der Waals surface area contributed by atoms with Crippen molar-refractivity contribution in [1.29, 1.82) is 0 Å². The number of carbonyl (C=O) groups excluding carboxylic acids is 3. The third-order valence-corrected chi connectivity index (χ3v) is 7.53. The number of rotatable bonds is 4. The van der Waals surface area contributed by atoms with E-state index >= 15 is 0 Å². The zero-order chi connectivity index (χ0) is 23.2. The fraction of sp³-hybridized carbons (Fsp3) is 0.640. The molecule has 3 aliphatic rings. The lowest BCUT2D eigenvalue weighted by Gasteiger charge is -2.39. The number of hydrogen-bond donors (Lipinski definition) is 2. The maximum absolute atomic E-state index is 13.4. The Balaban J connectivity index is 1.34. The molecule has 2 heterocycles. The van der Waals surface area contributed by atoms with Crippen molar-refractivity contribution >= 4 is 17.9 Å². The highest BCUT2D eigenvalue weighted by Crippen LogP contribution is 2.36. The summed E-state index contributed by atoms with van der Waals surface area (Å²) in [6.07, 6.45) is 5.38. The average Bonchev–Trinajstić information content (AvgIpc) is 2.89. The summed E-state index contributed by atoms with van der Waals surface area (Å²) in [5.74, 6) is -1.38. The van der Waals surface area contributed by atoms with Gasteiger partial charge in [0, 0.05) is 26.2 Å². The maximum Gasteiger partial charge on any atom is 0.410 e. The van der Waals surface area contributed by atoms with E-state index in [0.29, 0.717) is 44.9 Å². The van der Waals surface area contributed by atoms with Crippen LogP contribution >= 0.6 is 0 Å². The highest BCUT2D eigenvalue weighted by Gasteiger charge is 2.43. The van der Waals surface area contributed by atoms with Gasteiger partial charge in [-0.3, -0.25) is 14.8 Å². The highest BCUT2D eigenvalue weighted by atomic mass is 16.6. The van der Waals surface area contributed by atoms with Gasteiger partial charge in [-0.2, -0.15) is 0 Å². The monoisotopic (exact) mass is 457 g/mol. The van der Waals surface area contributed by atoms with Crippen molar-refractivity contribution in [2.45, 2.75) is 63.4 Å². The van der Waals surface area contributed by atoms with Gasteiger partial charge in [0.25, 0.3) is 0 Å². The summed E-state index contributed by atoms with van der Waals surface area (Å²) in [7, 11) is 0. The van der Waals surface area contributed by atoms with Gasteiger partial charge < -0.3 is 14.5 Å². The Labute approximate surface area is 195 Å². The molecule has 2 saturated heterocycles. The van der Waals surface area contributed by atoms with Crippen LogP contribution in [-0.2, 0) is 14.3 Å². The Morgan fingerprint density at radius 2 is 1.55 bits per heavy atom. The van der Waals surface area contributed by atoms with Crippen LogP contribution in [0.5, 0.6) is 0 Å². The van der Waals surface area contributed by atoms with Crippen molar-refractivity contribution in [3.63, 3.8) is 0 Å². The predicted octanol–water partition coefficient (Wildman–Crippen LogP) is 3.31. The molecular weight excluding hydrogens is 422 g/mol. The summed E-state index contributed by atoms with van der Waals surface area (Å²) < 4.78 is 5.69. The van der Waals surface area contributed by atoms with Crippen LogP contribution in [0.3, 0.4) is 0 Å². The number of benzene rings is 1. The normalized spacial score (nSPS) is 26.5. The Bertz CT molecular complexity index is 819. The van der Waals surface area contributed by atoms with E-state index in [2.05, 4.69) is 12.1 Å². The second-order valence-electron chi connectivity index (χ2n) is 9.57. The highest BCUT2D eigenvalue weighted by molar-refractivity contribution is 5.87. The number of carbonyl (C=O) groups is 3. The summed E-state index contributed by atoms with van der Waals surface area (Å²) in [6, 6.07) is 10.4. The van der Waals surface area contributed by atoms with E-state index < -0.39 is 23.8 Å². The number of nitrogens with zero attached hydrogens (tertiary/aromatic N) is 2. The molecule has 1 saturated carbocycles. The molecule has 8 heteroatoms. The predicted molar refractivity (Wildman–Crippen MR) is 121 cm³/mol. The summed E-state index contributed by atoms with van der Waals surface area (Å²) in [5, 5.41) is 9.29. The van der Waals surface area contributed by atoms with Crippen molar-refractivity contribution in [2.24, 2.45) is 11.8 Å². The van der Waals surface area contributed by atoms with Crippen LogP contribution in [0.15, 0.2) is 30.3 Å². The van der Waals surface area contributed by atoms with Gasteiger partial charge in [-0.1, -0.05) is 30.3 Å². The average molecular weight is 458 g/mol. The number of hydrogen-bond acceptors (Lipinski definition) is 5. The first-order valence-electron chi connectivity index (χ1n) is 12.3. The molecule has 2 N–H and O–H groups in total. The molecule has 3 atom stereocenters. The first-order valence-corrected chi connectivity index (χ1v) is 12.3. The van der Waals surface area contributed by atoms with Gasteiger partial charge in [-0.15, -0.1) is 0 Å². The third kappa shape index (κ3) is 5.66. The van der Waals surface area contributed by atoms with E-state index in [1.54, 1.807) is 10.4 Å². The molecule has 8 nitrogen and oxygen atoms in total.